The molecule has 1 aromatic rings. The fourth-order valence-corrected chi connectivity index (χ4v) is 2.22. The summed E-state index contributed by atoms with van der Waals surface area (Å²) in [5.41, 5.74) is 0.895. The standard InChI is InChI=1S/C7H5ClO2.C6H10ClNO/c8-6-4-2-1-3-5(6)7(9)10;7-5-3-1-2-4-6(5)8-9/h1-4H,(H,9,10);5,9H,1-4H2/b;8-6-. The van der Waals surface area contributed by atoms with Crippen LogP contribution in [-0.4, -0.2) is 27.4 Å². The molecule has 2 rings (SSSR count). The maximum atomic E-state index is 10.3. The molecule has 0 aromatic heterocycles. The third kappa shape index (κ3) is 5.09. The fourth-order valence-electron chi connectivity index (χ4n) is 1.70. The third-order valence-corrected chi connectivity index (χ3v) is 3.53. The molecule has 1 atom stereocenters. The van der Waals surface area contributed by atoms with Crippen molar-refractivity contribution in [2.45, 2.75) is 31.1 Å². The molecule has 104 valence electrons. The highest BCUT2D eigenvalue weighted by Gasteiger charge is 2.17. The average Bonchev–Trinajstić information content (AvgIpc) is 2.40. The number of oxime groups is 1. The minimum Gasteiger partial charge on any atom is -0.478 e. The smallest absolute Gasteiger partial charge is 0.337 e. The molecule has 0 saturated heterocycles. The number of hydrogen-bond acceptors (Lipinski definition) is 3. The quantitative estimate of drug-likeness (QED) is 0.467. The number of rotatable bonds is 1. The van der Waals surface area contributed by atoms with Crippen molar-refractivity contribution in [3.05, 3.63) is 34.9 Å². The van der Waals surface area contributed by atoms with E-state index in [1.807, 2.05) is 0 Å². The van der Waals surface area contributed by atoms with E-state index in [2.05, 4.69) is 5.16 Å². The second-order valence-corrected chi connectivity index (χ2v) is 5.02. The van der Waals surface area contributed by atoms with Gasteiger partial charge in [0.05, 0.1) is 21.7 Å². The van der Waals surface area contributed by atoms with E-state index >= 15 is 0 Å². The molecule has 4 nitrogen and oxygen atoms in total. The first-order chi connectivity index (χ1) is 9.06. The Morgan fingerprint density at radius 1 is 1.32 bits per heavy atom. The lowest BCUT2D eigenvalue weighted by Crippen LogP contribution is -2.18. The van der Waals surface area contributed by atoms with Gasteiger partial charge in [-0.3, -0.25) is 0 Å². The van der Waals surface area contributed by atoms with Crippen molar-refractivity contribution >= 4 is 34.9 Å². The minimum atomic E-state index is -0.995. The van der Waals surface area contributed by atoms with Crippen molar-refractivity contribution in [1.82, 2.24) is 0 Å². The van der Waals surface area contributed by atoms with Gasteiger partial charge in [0, 0.05) is 0 Å². The zero-order valence-corrected chi connectivity index (χ0v) is 11.7. The Labute approximate surface area is 121 Å². The molecule has 1 aromatic carbocycles. The number of nitrogens with zero attached hydrogens (tertiary/aromatic N) is 1. The van der Waals surface area contributed by atoms with Crippen LogP contribution in [0.2, 0.25) is 5.02 Å². The van der Waals surface area contributed by atoms with Crippen molar-refractivity contribution in [3.63, 3.8) is 0 Å². The van der Waals surface area contributed by atoms with E-state index < -0.39 is 5.97 Å². The van der Waals surface area contributed by atoms with E-state index in [4.69, 9.17) is 33.5 Å². The fraction of sp³-hybridized carbons (Fsp3) is 0.385. The number of aromatic carboxylic acids is 1. The molecule has 1 unspecified atom stereocenters. The average molecular weight is 304 g/mol. The van der Waals surface area contributed by atoms with Gasteiger partial charge in [-0.25, -0.2) is 4.79 Å². The number of carboxylic acids is 1. The van der Waals surface area contributed by atoms with E-state index in [1.54, 1.807) is 18.2 Å². The second kappa shape index (κ2) is 8.02. The summed E-state index contributed by atoms with van der Waals surface area (Å²) in [6.07, 6.45) is 4.10. The molecular formula is C13H15Cl2NO3. The molecule has 1 saturated carbocycles. The lowest BCUT2D eigenvalue weighted by atomic mass is 9.98. The predicted molar refractivity (Wildman–Crippen MR) is 75.7 cm³/mol. The molecule has 1 aliphatic carbocycles. The first-order valence-corrected chi connectivity index (χ1v) is 6.70. The van der Waals surface area contributed by atoms with Gasteiger partial charge in [0.15, 0.2) is 0 Å². The van der Waals surface area contributed by atoms with Crippen LogP contribution < -0.4 is 0 Å². The van der Waals surface area contributed by atoms with Crippen LogP contribution in [0.5, 0.6) is 0 Å². The summed E-state index contributed by atoms with van der Waals surface area (Å²) < 4.78 is 0. The van der Waals surface area contributed by atoms with Crippen molar-refractivity contribution in [1.29, 1.82) is 0 Å². The summed E-state index contributed by atoms with van der Waals surface area (Å²) in [6.45, 7) is 0. The van der Waals surface area contributed by atoms with Gasteiger partial charge in [-0.1, -0.05) is 35.3 Å². The molecular weight excluding hydrogens is 289 g/mol. The summed E-state index contributed by atoms with van der Waals surface area (Å²) in [6, 6.07) is 6.33. The Morgan fingerprint density at radius 2 is 2.00 bits per heavy atom. The van der Waals surface area contributed by atoms with E-state index in [0.29, 0.717) is 0 Å². The first-order valence-electron chi connectivity index (χ1n) is 5.89. The molecule has 1 fully saturated rings. The Balaban J connectivity index is 0.000000191. The molecule has 0 spiro atoms. The number of benzene rings is 1. The maximum Gasteiger partial charge on any atom is 0.337 e. The zero-order chi connectivity index (χ0) is 14.3. The molecule has 0 radical (unpaired) electrons. The highest BCUT2D eigenvalue weighted by Crippen LogP contribution is 2.19. The van der Waals surface area contributed by atoms with Crippen LogP contribution in [0.1, 0.15) is 36.0 Å². The summed E-state index contributed by atoms with van der Waals surface area (Å²) in [7, 11) is 0. The van der Waals surface area contributed by atoms with E-state index in [1.165, 1.54) is 6.07 Å². The Kier molecular flexibility index (Phi) is 6.67. The predicted octanol–water partition coefficient (Wildman–Crippen LogP) is 4.04. The molecule has 6 heteroatoms. The van der Waals surface area contributed by atoms with Gasteiger partial charge >= 0.3 is 5.97 Å². The van der Waals surface area contributed by atoms with Gasteiger partial charge < -0.3 is 10.3 Å². The van der Waals surface area contributed by atoms with Gasteiger partial charge in [-0.05, 0) is 31.4 Å². The maximum absolute atomic E-state index is 10.3. The van der Waals surface area contributed by atoms with Crippen LogP contribution in [0.25, 0.3) is 0 Å². The highest BCUT2D eigenvalue weighted by atomic mass is 35.5. The molecule has 2 N–H and O–H groups in total. The van der Waals surface area contributed by atoms with E-state index in [-0.39, 0.29) is 16.0 Å². The molecule has 0 amide bonds. The first kappa shape index (κ1) is 15.8. The van der Waals surface area contributed by atoms with Crippen molar-refractivity contribution in [3.8, 4) is 0 Å². The van der Waals surface area contributed by atoms with Crippen LogP contribution >= 0.6 is 23.2 Å². The molecule has 1 aliphatic rings. The van der Waals surface area contributed by atoms with Gasteiger partial charge in [-0.2, -0.15) is 0 Å². The summed E-state index contributed by atoms with van der Waals surface area (Å²) in [5.74, 6) is -0.995. The number of alkyl halides is 1. The number of carbonyl (C=O) groups is 1. The number of halogens is 2. The van der Waals surface area contributed by atoms with Crippen LogP contribution in [0.4, 0.5) is 0 Å². The normalized spacial score (nSPS) is 20.5. The summed E-state index contributed by atoms with van der Waals surface area (Å²) >= 11 is 11.3. The Bertz CT molecular complexity index is 463. The van der Waals surface area contributed by atoms with Gasteiger partial charge in [0.25, 0.3) is 0 Å². The summed E-state index contributed by atoms with van der Waals surface area (Å²) in [4.78, 5) is 10.3. The van der Waals surface area contributed by atoms with Gasteiger partial charge in [0.1, 0.15) is 0 Å². The molecule has 0 aliphatic heterocycles. The van der Waals surface area contributed by atoms with E-state index in [9.17, 15) is 4.79 Å². The monoisotopic (exact) mass is 303 g/mol. The van der Waals surface area contributed by atoms with E-state index in [0.717, 1.165) is 31.4 Å². The molecule has 0 bridgehead atoms. The second-order valence-electron chi connectivity index (χ2n) is 4.09. The third-order valence-electron chi connectivity index (χ3n) is 2.73. The highest BCUT2D eigenvalue weighted by molar-refractivity contribution is 6.33. The largest absolute Gasteiger partial charge is 0.478 e. The van der Waals surface area contributed by atoms with Crippen molar-refractivity contribution in [2.75, 3.05) is 0 Å². The minimum absolute atomic E-state index is 0.0104. The lowest BCUT2D eigenvalue weighted by molar-refractivity contribution is 0.0697. The lowest BCUT2D eigenvalue weighted by Gasteiger charge is -2.15. The zero-order valence-electron chi connectivity index (χ0n) is 10.2. The molecule has 0 heterocycles. The topological polar surface area (TPSA) is 69.9 Å². The number of hydrogen-bond donors (Lipinski definition) is 2. The van der Waals surface area contributed by atoms with Crippen molar-refractivity contribution in [2.24, 2.45) is 5.16 Å². The van der Waals surface area contributed by atoms with Crippen molar-refractivity contribution < 1.29 is 15.1 Å². The summed E-state index contributed by atoms with van der Waals surface area (Å²) in [5, 5.41) is 20.2. The van der Waals surface area contributed by atoms with Crippen LogP contribution in [0.15, 0.2) is 29.4 Å². The SMILES string of the molecule is O/N=C1/CCCCC1Cl.O=C(O)c1ccccc1Cl. The van der Waals surface area contributed by atoms with Crippen LogP contribution in [-0.2, 0) is 0 Å². The van der Waals surface area contributed by atoms with Gasteiger partial charge in [-0.15, -0.1) is 11.6 Å². The Hall–Kier alpha value is -1.26. The number of carboxylic acid groups (broad SMARTS) is 1. The van der Waals surface area contributed by atoms with Crippen LogP contribution in [0, 0.1) is 0 Å². The molecule has 19 heavy (non-hydrogen) atoms. The van der Waals surface area contributed by atoms with Crippen LogP contribution in [0.3, 0.4) is 0 Å². The Morgan fingerprint density at radius 3 is 2.42 bits per heavy atom. The van der Waals surface area contributed by atoms with Gasteiger partial charge in [0.2, 0.25) is 0 Å².